The fraction of sp³-hybridized carbons (Fsp3) is 0.640. The fourth-order valence-corrected chi connectivity index (χ4v) is 5.46. The van der Waals surface area contributed by atoms with E-state index < -0.39 is 0 Å². The summed E-state index contributed by atoms with van der Waals surface area (Å²) in [6, 6.07) is 7.51. The molecule has 0 spiro atoms. The smallest absolute Gasteiger partial charge is 0.253 e. The molecule has 1 aliphatic heterocycles. The second-order valence-corrected chi connectivity index (χ2v) is 9.38. The van der Waals surface area contributed by atoms with E-state index in [4.69, 9.17) is 4.74 Å². The average Bonchev–Trinajstić information content (AvgIpc) is 3.05. The quantitative estimate of drug-likeness (QED) is 0.747. The molecular formula is C25H37N3O2. The van der Waals surface area contributed by atoms with Crippen molar-refractivity contribution in [2.24, 2.45) is 0 Å². The number of carbonyl (C=O) groups is 1. The van der Waals surface area contributed by atoms with Gasteiger partial charge in [0.2, 0.25) is 0 Å². The summed E-state index contributed by atoms with van der Waals surface area (Å²) >= 11 is 0. The van der Waals surface area contributed by atoms with Gasteiger partial charge in [0.25, 0.3) is 5.91 Å². The molecule has 1 saturated heterocycles. The highest BCUT2D eigenvalue weighted by atomic mass is 16.5. The van der Waals surface area contributed by atoms with E-state index >= 15 is 0 Å². The Bertz CT molecular complexity index is 887. The number of piperidine rings is 1. The molecule has 164 valence electrons. The summed E-state index contributed by atoms with van der Waals surface area (Å²) in [5, 5.41) is 4.38. The average molecular weight is 412 g/mol. The van der Waals surface area contributed by atoms with Gasteiger partial charge in [-0.05, 0) is 64.7 Å². The molecule has 1 saturated carbocycles. The van der Waals surface area contributed by atoms with E-state index in [2.05, 4.69) is 41.6 Å². The van der Waals surface area contributed by atoms with Crippen LogP contribution in [0.3, 0.4) is 0 Å². The van der Waals surface area contributed by atoms with E-state index in [1.807, 2.05) is 12.1 Å². The van der Waals surface area contributed by atoms with Gasteiger partial charge >= 0.3 is 0 Å². The van der Waals surface area contributed by atoms with Crippen molar-refractivity contribution in [2.75, 3.05) is 20.2 Å². The lowest BCUT2D eigenvalue weighted by Crippen LogP contribution is -2.46. The maximum absolute atomic E-state index is 13.5. The summed E-state index contributed by atoms with van der Waals surface area (Å²) in [5.74, 6) is 0.880. The van der Waals surface area contributed by atoms with Crippen LogP contribution in [0.25, 0.3) is 10.9 Å². The second-order valence-electron chi connectivity index (χ2n) is 9.38. The van der Waals surface area contributed by atoms with Gasteiger partial charge in [-0.15, -0.1) is 0 Å². The van der Waals surface area contributed by atoms with Crippen LogP contribution in [0.4, 0.5) is 0 Å². The maximum Gasteiger partial charge on any atom is 0.253 e. The number of aromatic nitrogens is 1. The highest BCUT2D eigenvalue weighted by Crippen LogP contribution is 2.37. The van der Waals surface area contributed by atoms with E-state index in [0.29, 0.717) is 12.1 Å². The van der Waals surface area contributed by atoms with Crippen LogP contribution >= 0.6 is 0 Å². The molecule has 1 N–H and O–H groups in total. The molecule has 1 aliphatic carbocycles. The first-order chi connectivity index (χ1) is 14.5. The minimum absolute atomic E-state index is 0.0725. The maximum atomic E-state index is 13.5. The number of methoxy groups -OCH3 is 1. The Morgan fingerprint density at radius 1 is 1.10 bits per heavy atom. The van der Waals surface area contributed by atoms with Gasteiger partial charge in [-0.1, -0.05) is 19.3 Å². The van der Waals surface area contributed by atoms with E-state index in [1.165, 1.54) is 37.6 Å². The van der Waals surface area contributed by atoms with Gasteiger partial charge < -0.3 is 19.5 Å². The molecule has 0 unspecified atom stereocenters. The molecule has 2 heterocycles. The number of ether oxygens (including phenoxy) is 1. The first kappa shape index (κ1) is 21.2. The zero-order valence-corrected chi connectivity index (χ0v) is 19.0. The van der Waals surface area contributed by atoms with E-state index in [9.17, 15) is 4.79 Å². The number of hydrogen-bond acceptors (Lipinski definition) is 3. The Morgan fingerprint density at radius 2 is 1.80 bits per heavy atom. The van der Waals surface area contributed by atoms with Crippen molar-refractivity contribution in [2.45, 2.75) is 83.8 Å². The number of amides is 1. The van der Waals surface area contributed by atoms with E-state index in [0.717, 1.165) is 48.3 Å². The molecule has 1 aromatic carbocycles. The first-order valence-corrected chi connectivity index (χ1v) is 11.7. The molecule has 2 aliphatic rings. The molecule has 5 nitrogen and oxygen atoms in total. The number of nitrogens with one attached hydrogen (secondary N) is 1. The third-order valence-electron chi connectivity index (χ3n) is 7.22. The second kappa shape index (κ2) is 9.01. The van der Waals surface area contributed by atoms with Crippen molar-refractivity contribution in [1.82, 2.24) is 14.8 Å². The third-order valence-corrected chi connectivity index (χ3v) is 7.22. The Hall–Kier alpha value is -2.01. The topological polar surface area (TPSA) is 46.5 Å². The lowest BCUT2D eigenvalue weighted by Gasteiger charge is -2.34. The number of nitrogens with zero attached hydrogens (tertiary/aromatic N) is 2. The van der Waals surface area contributed by atoms with E-state index in [-0.39, 0.29) is 11.9 Å². The van der Waals surface area contributed by atoms with Crippen molar-refractivity contribution in [1.29, 1.82) is 0 Å². The minimum Gasteiger partial charge on any atom is -0.497 e. The van der Waals surface area contributed by atoms with Gasteiger partial charge in [-0.3, -0.25) is 4.79 Å². The van der Waals surface area contributed by atoms with Crippen LogP contribution in [0.2, 0.25) is 0 Å². The Balaban J connectivity index is 1.64. The number of rotatable bonds is 5. The molecule has 2 fully saturated rings. The van der Waals surface area contributed by atoms with Gasteiger partial charge in [0.05, 0.1) is 12.7 Å². The van der Waals surface area contributed by atoms with Crippen molar-refractivity contribution < 1.29 is 9.53 Å². The van der Waals surface area contributed by atoms with Crippen LogP contribution in [0.1, 0.15) is 80.9 Å². The van der Waals surface area contributed by atoms with Gasteiger partial charge in [0.15, 0.2) is 0 Å². The zero-order chi connectivity index (χ0) is 21.3. The summed E-state index contributed by atoms with van der Waals surface area (Å²) in [6.07, 6.45) is 8.31. The number of benzene rings is 1. The molecule has 0 atom stereocenters. The monoisotopic (exact) mass is 411 g/mol. The van der Waals surface area contributed by atoms with Crippen molar-refractivity contribution >= 4 is 16.8 Å². The highest BCUT2D eigenvalue weighted by molar-refractivity contribution is 6.09. The van der Waals surface area contributed by atoms with Crippen LogP contribution in [-0.4, -0.2) is 47.7 Å². The predicted molar refractivity (Wildman–Crippen MR) is 123 cm³/mol. The molecule has 5 heteroatoms. The molecular weight excluding hydrogens is 374 g/mol. The lowest BCUT2D eigenvalue weighted by atomic mass is 9.95. The zero-order valence-electron chi connectivity index (χ0n) is 19.0. The summed E-state index contributed by atoms with van der Waals surface area (Å²) in [5.41, 5.74) is 3.10. The van der Waals surface area contributed by atoms with Gasteiger partial charge in [-0.2, -0.15) is 0 Å². The van der Waals surface area contributed by atoms with Crippen molar-refractivity contribution in [3.8, 4) is 5.75 Å². The Morgan fingerprint density at radius 3 is 2.43 bits per heavy atom. The van der Waals surface area contributed by atoms with Crippen molar-refractivity contribution in [3.05, 3.63) is 29.5 Å². The highest BCUT2D eigenvalue weighted by Gasteiger charge is 2.28. The summed E-state index contributed by atoms with van der Waals surface area (Å²) in [6.45, 7) is 8.72. The molecule has 0 bridgehead atoms. The van der Waals surface area contributed by atoms with Gasteiger partial charge in [-0.25, -0.2) is 0 Å². The summed E-state index contributed by atoms with van der Waals surface area (Å²) in [4.78, 5) is 16.0. The number of carbonyl (C=O) groups excluding carboxylic acids is 1. The van der Waals surface area contributed by atoms with Crippen LogP contribution in [0.5, 0.6) is 5.75 Å². The van der Waals surface area contributed by atoms with Crippen LogP contribution in [0.15, 0.2) is 18.2 Å². The first-order valence-electron chi connectivity index (χ1n) is 11.7. The summed E-state index contributed by atoms with van der Waals surface area (Å²) < 4.78 is 7.92. The Kier molecular flexibility index (Phi) is 6.37. The van der Waals surface area contributed by atoms with Crippen LogP contribution in [-0.2, 0) is 0 Å². The summed E-state index contributed by atoms with van der Waals surface area (Å²) in [7, 11) is 1.69. The lowest BCUT2D eigenvalue weighted by molar-refractivity contribution is 0.0901. The van der Waals surface area contributed by atoms with Crippen LogP contribution < -0.4 is 10.1 Å². The SMILES string of the molecule is COc1ccc2c(c1)c(C(=O)NC1CCN(C(C)C)CC1)c(C)n2C1CCCCC1. The number of fused-ring (bicyclic) bond motifs is 1. The largest absolute Gasteiger partial charge is 0.497 e. The minimum atomic E-state index is 0.0725. The molecule has 1 amide bonds. The molecule has 1 aromatic heterocycles. The molecule has 4 rings (SSSR count). The van der Waals surface area contributed by atoms with Crippen LogP contribution in [0, 0.1) is 6.92 Å². The number of likely N-dealkylation sites (tertiary alicyclic amines) is 1. The Labute approximate surface area is 180 Å². The third kappa shape index (κ3) is 4.09. The predicted octanol–water partition coefficient (Wildman–Crippen LogP) is 5.07. The normalized spacial score (nSPS) is 19.5. The van der Waals surface area contributed by atoms with Gasteiger partial charge in [0.1, 0.15) is 5.75 Å². The van der Waals surface area contributed by atoms with E-state index in [1.54, 1.807) is 7.11 Å². The molecule has 30 heavy (non-hydrogen) atoms. The fourth-order valence-electron chi connectivity index (χ4n) is 5.46. The van der Waals surface area contributed by atoms with Crippen molar-refractivity contribution in [3.63, 3.8) is 0 Å². The standard InChI is InChI=1S/C25H37N3O2/c1-17(2)27-14-12-19(13-15-27)26-25(29)24-18(3)28(20-8-6-5-7-9-20)23-11-10-21(30-4)16-22(23)24/h10-11,16-17,19-20H,5-9,12-15H2,1-4H3,(H,26,29). The number of hydrogen-bond donors (Lipinski definition) is 1. The molecule has 0 radical (unpaired) electrons. The van der Waals surface area contributed by atoms with Gasteiger partial charge in [0, 0.05) is 47.8 Å². The molecule has 2 aromatic rings.